The summed E-state index contributed by atoms with van der Waals surface area (Å²) in [6, 6.07) is 6.29. The van der Waals surface area contributed by atoms with Gasteiger partial charge in [-0.05, 0) is 36.2 Å². The average Bonchev–Trinajstić information content (AvgIpc) is 3.43. The maximum atomic E-state index is 12.9. The second-order valence-corrected chi connectivity index (χ2v) is 9.04. The molecule has 0 bridgehead atoms. The van der Waals surface area contributed by atoms with Crippen LogP contribution in [0, 0.1) is 0 Å². The number of amides is 4. The second kappa shape index (κ2) is 8.22. The largest absolute Gasteiger partial charge is 0.368 e. The first kappa shape index (κ1) is 21.8. The van der Waals surface area contributed by atoms with Crippen LogP contribution in [0.2, 0.25) is 0 Å². The van der Waals surface area contributed by atoms with Crippen molar-refractivity contribution < 1.29 is 19.2 Å². The van der Waals surface area contributed by atoms with Crippen molar-refractivity contribution in [1.82, 2.24) is 40.1 Å². The fourth-order valence-corrected chi connectivity index (χ4v) is 4.80. The van der Waals surface area contributed by atoms with Crippen LogP contribution in [-0.2, 0) is 16.1 Å². The molecule has 0 aliphatic carbocycles. The van der Waals surface area contributed by atoms with Crippen molar-refractivity contribution in [2.24, 2.45) is 0 Å². The van der Waals surface area contributed by atoms with Gasteiger partial charge in [-0.15, -0.1) is 5.10 Å². The number of nitrogen functional groups attached to an aromatic ring is 1. The van der Waals surface area contributed by atoms with E-state index in [1.807, 2.05) is 0 Å². The zero-order valence-electron chi connectivity index (χ0n) is 19.0. The number of hydrogen-bond acceptors (Lipinski definition) is 9. The number of nitrogens with two attached hydrogens (primary N) is 1. The molecule has 3 aromatic rings. The fraction of sp³-hybridized carbons (Fsp3) is 0.304. The third kappa shape index (κ3) is 3.65. The van der Waals surface area contributed by atoms with E-state index in [0.717, 1.165) is 11.3 Å². The van der Waals surface area contributed by atoms with E-state index in [-0.39, 0.29) is 48.2 Å². The third-order valence-corrected chi connectivity index (χ3v) is 6.77. The van der Waals surface area contributed by atoms with Crippen molar-refractivity contribution in [2.45, 2.75) is 31.3 Å². The van der Waals surface area contributed by atoms with Crippen molar-refractivity contribution in [3.05, 3.63) is 59.2 Å². The Morgan fingerprint density at radius 2 is 1.97 bits per heavy atom. The lowest BCUT2D eigenvalue weighted by Gasteiger charge is -2.38. The minimum absolute atomic E-state index is 0.0934. The molecule has 3 aliphatic heterocycles. The van der Waals surface area contributed by atoms with Gasteiger partial charge in [0.25, 0.3) is 11.8 Å². The molecule has 13 nitrogen and oxygen atoms in total. The number of hydrogen-bond donors (Lipinski definition) is 2. The van der Waals surface area contributed by atoms with Crippen molar-refractivity contribution in [2.75, 3.05) is 18.8 Å². The van der Waals surface area contributed by atoms with Gasteiger partial charge < -0.3 is 15.5 Å². The maximum absolute atomic E-state index is 12.9. The van der Waals surface area contributed by atoms with Crippen LogP contribution in [-0.4, -0.2) is 77.5 Å². The summed E-state index contributed by atoms with van der Waals surface area (Å²) < 4.78 is 1.48. The summed E-state index contributed by atoms with van der Waals surface area (Å²) in [6.07, 6.45) is 3.65. The van der Waals surface area contributed by atoms with E-state index in [4.69, 9.17) is 5.73 Å². The Labute approximate surface area is 204 Å². The SMILES string of the molecule is Nc1nccc(C2CN(C(=O)c3cn(-c4ccc5c(c4)CN(C4CCC(=O)NC4=O)C5=O)nn3)C2)n1. The number of rotatable bonds is 4. The zero-order chi connectivity index (χ0) is 25.0. The van der Waals surface area contributed by atoms with Gasteiger partial charge in [-0.25, -0.2) is 14.6 Å². The number of piperidine rings is 1. The highest BCUT2D eigenvalue weighted by Crippen LogP contribution is 2.30. The zero-order valence-corrected chi connectivity index (χ0v) is 19.0. The van der Waals surface area contributed by atoms with E-state index in [1.165, 1.54) is 9.58 Å². The summed E-state index contributed by atoms with van der Waals surface area (Å²) in [5.74, 6) is -0.972. The van der Waals surface area contributed by atoms with Crippen LogP contribution in [0.4, 0.5) is 5.95 Å². The summed E-state index contributed by atoms with van der Waals surface area (Å²) in [6.45, 7) is 1.25. The van der Waals surface area contributed by atoms with Crippen LogP contribution in [0.5, 0.6) is 0 Å². The minimum atomic E-state index is -0.680. The monoisotopic (exact) mass is 487 g/mol. The van der Waals surface area contributed by atoms with Gasteiger partial charge in [0.15, 0.2) is 5.69 Å². The molecule has 182 valence electrons. The molecule has 1 atom stereocenters. The van der Waals surface area contributed by atoms with Crippen LogP contribution >= 0.6 is 0 Å². The highest BCUT2D eigenvalue weighted by Gasteiger charge is 2.39. The van der Waals surface area contributed by atoms with Crippen LogP contribution in [0.15, 0.2) is 36.7 Å². The highest BCUT2D eigenvalue weighted by atomic mass is 16.2. The molecule has 0 spiro atoms. The molecule has 2 aromatic heterocycles. The van der Waals surface area contributed by atoms with Crippen LogP contribution < -0.4 is 11.1 Å². The molecule has 36 heavy (non-hydrogen) atoms. The van der Waals surface area contributed by atoms with Gasteiger partial charge in [0.05, 0.1) is 17.6 Å². The quantitative estimate of drug-likeness (QED) is 0.467. The maximum Gasteiger partial charge on any atom is 0.276 e. The molecule has 6 rings (SSSR count). The Morgan fingerprint density at radius 3 is 2.75 bits per heavy atom. The first-order chi connectivity index (χ1) is 17.4. The van der Waals surface area contributed by atoms with Gasteiger partial charge in [0.1, 0.15) is 6.04 Å². The Bertz CT molecular complexity index is 1430. The summed E-state index contributed by atoms with van der Waals surface area (Å²) >= 11 is 0. The van der Waals surface area contributed by atoms with Crippen molar-refractivity contribution >= 4 is 29.6 Å². The first-order valence-electron chi connectivity index (χ1n) is 11.5. The number of carbonyl (C=O) groups is 4. The van der Waals surface area contributed by atoms with Gasteiger partial charge in [-0.2, -0.15) is 0 Å². The van der Waals surface area contributed by atoms with E-state index in [2.05, 4.69) is 25.6 Å². The number of anilines is 1. The topological polar surface area (TPSA) is 169 Å². The normalized spacial score (nSPS) is 19.8. The molecule has 2 fully saturated rings. The molecule has 2 saturated heterocycles. The Hall–Kier alpha value is -4.68. The molecule has 5 heterocycles. The molecular formula is C23H21N9O4. The van der Waals surface area contributed by atoms with Gasteiger partial charge in [-0.1, -0.05) is 5.21 Å². The summed E-state index contributed by atoms with van der Waals surface area (Å²) in [7, 11) is 0. The molecule has 13 heteroatoms. The Morgan fingerprint density at radius 1 is 1.14 bits per heavy atom. The van der Waals surface area contributed by atoms with Crippen molar-refractivity contribution in [3.63, 3.8) is 0 Å². The lowest BCUT2D eigenvalue weighted by Crippen LogP contribution is -2.52. The van der Waals surface area contributed by atoms with Crippen LogP contribution in [0.1, 0.15) is 50.9 Å². The molecule has 1 unspecified atom stereocenters. The Balaban J connectivity index is 1.14. The number of fused-ring (bicyclic) bond motifs is 1. The van der Waals surface area contributed by atoms with E-state index in [1.54, 1.807) is 41.6 Å². The summed E-state index contributed by atoms with van der Waals surface area (Å²) in [5.41, 5.74) is 8.52. The van der Waals surface area contributed by atoms with Gasteiger partial charge >= 0.3 is 0 Å². The molecule has 3 N–H and O–H groups in total. The molecule has 1 aromatic carbocycles. The summed E-state index contributed by atoms with van der Waals surface area (Å²) in [4.78, 5) is 60.7. The van der Waals surface area contributed by atoms with Crippen molar-refractivity contribution in [1.29, 1.82) is 0 Å². The van der Waals surface area contributed by atoms with Crippen LogP contribution in [0.3, 0.4) is 0 Å². The number of aromatic nitrogens is 5. The van der Waals surface area contributed by atoms with Gasteiger partial charge in [-0.3, -0.25) is 24.5 Å². The van der Waals surface area contributed by atoms with E-state index < -0.39 is 11.9 Å². The highest BCUT2D eigenvalue weighted by molar-refractivity contribution is 6.05. The number of carbonyl (C=O) groups excluding carboxylic acids is 4. The number of likely N-dealkylation sites (tertiary alicyclic amines) is 1. The third-order valence-electron chi connectivity index (χ3n) is 6.77. The Kier molecular flexibility index (Phi) is 4.98. The standard InChI is InChI=1S/C23H21N9O4/c24-23-25-6-5-16(26-23)13-8-30(9-13)22(36)17-11-32(29-28-17)14-1-2-15-12(7-14)10-31(21(15)35)18-3-4-19(33)27-20(18)34/h1-2,5-7,11,13,18H,3-4,8-10H2,(H2,24,25,26)(H,27,33,34). The number of benzene rings is 1. The van der Waals surface area contributed by atoms with Crippen molar-refractivity contribution in [3.8, 4) is 5.69 Å². The predicted molar refractivity (Wildman–Crippen MR) is 122 cm³/mol. The fourth-order valence-electron chi connectivity index (χ4n) is 4.80. The molecular weight excluding hydrogens is 466 g/mol. The van der Waals surface area contributed by atoms with E-state index >= 15 is 0 Å². The molecule has 0 radical (unpaired) electrons. The lowest BCUT2D eigenvalue weighted by atomic mass is 9.96. The number of nitrogens with one attached hydrogen (secondary N) is 1. The first-order valence-corrected chi connectivity index (χ1v) is 11.5. The number of nitrogens with zero attached hydrogens (tertiary/aromatic N) is 7. The molecule has 4 amide bonds. The van der Waals surface area contributed by atoms with E-state index in [9.17, 15) is 19.2 Å². The smallest absolute Gasteiger partial charge is 0.276 e. The lowest BCUT2D eigenvalue weighted by molar-refractivity contribution is -0.136. The molecule has 3 aliphatic rings. The van der Waals surface area contributed by atoms with Crippen LogP contribution in [0.25, 0.3) is 5.69 Å². The average molecular weight is 487 g/mol. The van der Waals surface area contributed by atoms with Gasteiger partial charge in [0, 0.05) is 43.7 Å². The predicted octanol–water partition coefficient (Wildman–Crippen LogP) is -0.360. The number of imide groups is 1. The summed E-state index contributed by atoms with van der Waals surface area (Å²) in [5, 5.41) is 10.4. The van der Waals surface area contributed by atoms with E-state index in [0.29, 0.717) is 30.8 Å². The molecule has 0 saturated carbocycles. The van der Waals surface area contributed by atoms with Gasteiger partial charge in [0.2, 0.25) is 17.8 Å². The second-order valence-electron chi connectivity index (χ2n) is 9.04. The minimum Gasteiger partial charge on any atom is -0.368 e.